The van der Waals surface area contributed by atoms with Crippen LogP contribution >= 0.6 is 11.6 Å². The van der Waals surface area contributed by atoms with Gasteiger partial charge in [0.15, 0.2) is 11.5 Å². The number of halogens is 1. The number of ether oxygens (including phenoxy) is 1. The summed E-state index contributed by atoms with van der Waals surface area (Å²) in [5, 5.41) is -0.0240. The van der Waals surface area contributed by atoms with E-state index in [1.807, 2.05) is 0 Å². The summed E-state index contributed by atoms with van der Waals surface area (Å²) in [7, 11) is 1.23. The first-order chi connectivity index (χ1) is 8.13. The van der Waals surface area contributed by atoms with Gasteiger partial charge < -0.3 is 14.9 Å². The Bertz CT molecular complexity index is 554. The Morgan fingerprint density at radius 3 is 2.88 bits per heavy atom. The lowest BCUT2D eigenvalue weighted by molar-refractivity contribution is 0.0594. The first-order valence-corrected chi connectivity index (χ1v) is 4.95. The molecule has 17 heavy (non-hydrogen) atoms. The Kier molecular flexibility index (Phi) is 2.97. The van der Waals surface area contributed by atoms with Crippen molar-refractivity contribution in [1.29, 1.82) is 0 Å². The predicted molar refractivity (Wildman–Crippen MR) is 60.5 cm³/mol. The number of hydrogen-bond acceptors (Lipinski definition) is 6. The molecule has 0 spiro atoms. The van der Waals surface area contributed by atoms with Crippen LogP contribution in [0, 0.1) is 0 Å². The second-order valence-corrected chi connectivity index (χ2v) is 3.48. The molecule has 0 fully saturated rings. The van der Waals surface area contributed by atoms with Crippen molar-refractivity contribution in [2.24, 2.45) is 0 Å². The third-order valence-corrected chi connectivity index (χ3v) is 2.41. The summed E-state index contributed by atoms with van der Waals surface area (Å²) in [6.45, 7) is 0. The zero-order valence-corrected chi connectivity index (χ0v) is 9.56. The van der Waals surface area contributed by atoms with Gasteiger partial charge in [-0.1, -0.05) is 11.6 Å². The van der Waals surface area contributed by atoms with Crippen LogP contribution in [0.2, 0.25) is 5.02 Å². The number of methoxy groups -OCH3 is 1. The standard InChI is InChI=1S/C10H8ClN3O3/c1-16-10(15)7-6(11)8(12)14-9(13-7)5-2-3-17-4-5/h2-4H,1H3,(H2,12,13,14). The zero-order valence-electron chi connectivity index (χ0n) is 8.81. The van der Waals surface area contributed by atoms with Gasteiger partial charge in [-0.25, -0.2) is 14.8 Å². The molecule has 7 heteroatoms. The second kappa shape index (κ2) is 4.42. The molecule has 6 nitrogen and oxygen atoms in total. The smallest absolute Gasteiger partial charge is 0.358 e. The number of aromatic nitrogens is 2. The second-order valence-electron chi connectivity index (χ2n) is 3.10. The molecular weight excluding hydrogens is 246 g/mol. The molecule has 0 amide bonds. The summed E-state index contributed by atoms with van der Waals surface area (Å²) in [6.07, 6.45) is 2.89. The van der Waals surface area contributed by atoms with Crippen LogP contribution in [0.15, 0.2) is 23.0 Å². The number of nitrogens with two attached hydrogens (primary N) is 1. The number of esters is 1. The molecule has 2 N–H and O–H groups in total. The van der Waals surface area contributed by atoms with Gasteiger partial charge in [0.1, 0.15) is 17.1 Å². The number of carbonyl (C=O) groups is 1. The highest BCUT2D eigenvalue weighted by Gasteiger charge is 2.18. The van der Waals surface area contributed by atoms with Crippen molar-refractivity contribution in [3.05, 3.63) is 29.3 Å². The SMILES string of the molecule is COC(=O)c1nc(-c2ccoc2)nc(N)c1Cl. The zero-order chi connectivity index (χ0) is 12.4. The maximum Gasteiger partial charge on any atom is 0.358 e. The summed E-state index contributed by atoms with van der Waals surface area (Å²) in [6, 6.07) is 1.64. The molecule has 0 atom stereocenters. The Hall–Kier alpha value is -2.08. The van der Waals surface area contributed by atoms with Crippen molar-refractivity contribution in [3.8, 4) is 11.4 Å². The van der Waals surface area contributed by atoms with Crippen LogP contribution in [0.1, 0.15) is 10.5 Å². The molecule has 2 aromatic rings. The number of furan rings is 1. The molecule has 0 unspecified atom stereocenters. The number of hydrogen-bond donors (Lipinski definition) is 1. The fourth-order valence-electron chi connectivity index (χ4n) is 1.22. The van der Waals surface area contributed by atoms with E-state index in [4.69, 9.17) is 21.8 Å². The van der Waals surface area contributed by atoms with Crippen molar-refractivity contribution in [1.82, 2.24) is 9.97 Å². The Morgan fingerprint density at radius 1 is 1.53 bits per heavy atom. The first-order valence-electron chi connectivity index (χ1n) is 4.57. The lowest BCUT2D eigenvalue weighted by Crippen LogP contribution is -2.09. The predicted octanol–water partition coefficient (Wildman–Crippen LogP) is 1.76. The highest BCUT2D eigenvalue weighted by molar-refractivity contribution is 6.35. The van der Waals surface area contributed by atoms with E-state index in [9.17, 15) is 4.79 Å². The third kappa shape index (κ3) is 2.07. The van der Waals surface area contributed by atoms with E-state index in [1.165, 1.54) is 19.6 Å². The van der Waals surface area contributed by atoms with Gasteiger partial charge in [-0.3, -0.25) is 0 Å². The minimum absolute atomic E-state index is 0.0123. The monoisotopic (exact) mass is 253 g/mol. The molecule has 0 aromatic carbocycles. The lowest BCUT2D eigenvalue weighted by atomic mass is 10.3. The van der Waals surface area contributed by atoms with Crippen LogP contribution in [0.25, 0.3) is 11.4 Å². The Morgan fingerprint density at radius 2 is 2.29 bits per heavy atom. The van der Waals surface area contributed by atoms with Crippen LogP contribution in [0.3, 0.4) is 0 Å². The van der Waals surface area contributed by atoms with Crippen LogP contribution in [-0.2, 0) is 4.74 Å². The molecule has 0 bridgehead atoms. The molecular formula is C10H8ClN3O3. The van der Waals surface area contributed by atoms with E-state index in [0.29, 0.717) is 5.56 Å². The Labute approximate surface area is 101 Å². The maximum absolute atomic E-state index is 11.4. The molecule has 0 saturated heterocycles. The van der Waals surface area contributed by atoms with E-state index in [0.717, 1.165) is 0 Å². The van der Waals surface area contributed by atoms with E-state index < -0.39 is 5.97 Å². The first kappa shape index (κ1) is 11.4. The maximum atomic E-state index is 11.4. The topological polar surface area (TPSA) is 91.2 Å². The van der Waals surface area contributed by atoms with Gasteiger partial charge >= 0.3 is 5.97 Å². The molecule has 0 aliphatic heterocycles. The molecule has 2 rings (SSSR count). The fourth-order valence-corrected chi connectivity index (χ4v) is 1.38. The van der Waals surface area contributed by atoms with Crippen molar-refractivity contribution in [2.75, 3.05) is 12.8 Å². The third-order valence-electron chi connectivity index (χ3n) is 2.03. The average molecular weight is 254 g/mol. The van der Waals surface area contributed by atoms with Crippen molar-refractivity contribution in [3.63, 3.8) is 0 Å². The molecule has 0 aliphatic carbocycles. The molecule has 2 heterocycles. The van der Waals surface area contributed by atoms with E-state index >= 15 is 0 Å². The Balaban J connectivity index is 2.57. The van der Waals surface area contributed by atoms with E-state index in [1.54, 1.807) is 6.07 Å². The van der Waals surface area contributed by atoms with Crippen LogP contribution in [0.5, 0.6) is 0 Å². The number of nitrogen functional groups attached to an aromatic ring is 1. The fraction of sp³-hybridized carbons (Fsp3) is 0.100. The summed E-state index contributed by atoms with van der Waals surface area (Å²) >= 11 is 5.83. The number of nitrogens with zero attached hydrogens (tertiary/aromatic N) is 2. The highest BCUT2D eigenvalue weighted by Crippen LogP contribution is 2.25. The molecule has 2 aromatic heterocycles. The molecule has 88 valence electrons. The quantitative estimate of drug-likeness (QED) is 0.820. The summed E-state index contributed by atoms with van der Waals surface area (Å²) < 4.78 is 9.45. The van der Waals surface area contributed by atoms with E-state index in [2.05, 4.69) is 14.7 Å². The minimum atomic E-state index is -0.672. The van der Waals surface area contributed by atoms with Crippen molar-refractivity contribution in [2.45, 2.75) is 0 Å². The summed E-state index contributed by atoms with van der Waals surface area (Å²) in [5.41, 5.74) is 6.12. The highest BCUT2D eigenvalue weighted by atomic mass is 35.5. The van der Waals surface area contributed by atoms with Gasteiger partial charge in [0.2, 0.25) is 0 Å². The average Bonchev–Trinajstić information content (AvgIpc) is 2.85. The van der Waals surface area contributed by atoms with Crippen molar-refractivity contribution < 1.29 is 13.9 Å². The number of rotatable bonds is 2. The van der Waals surface area contributed by atoms with Gasteiger partial charge in [-0.2, -0.15) is 0 Å². The van der Waals surface area contributed by atoms with Gasteiger partial charge in [-0.15, -0.1) is 0 Å². The van der Waals surface area contributed by atoms with Gasteiger partial charge in [-0.05, 0) is 6.07 Å². The van der Waals surface area contributed by atoms with Gasteiger partial charge in [0.25, 0.3) is 0 Å². The van der Waals surface area contributed by atoms with Gasteiger partial charge in [0.05, 0.1) is 18.9 Å². The summed E-state index contributed by atoms with van der Waals surface area (Å²) in [5.74, 6) is -0.409. The minimum Gasteiger partial charge on any atom is -0.472 e. The van der Waals surface area contributed by atoms with E-state index in [-0.39, 0.29) is 22.4 Å². The van der Waals surface area contributed by atoms with Crippen LogP contribution < -0.4 is 5.73 Å². The lowest BCUT2D eigenvalue weighted by Gasteiger charge is -2.05. The molecule has 0 saturated carbocycles. The molecule has 0 radical (unpaired) electrons. The number of carbonyl (C=O) groups excluding carboxylic acids is 1. The number of anilines is 1. The van der Waals surface area contributed by atoms with Crippen LogP contribution in [0.4, 0.5) is 5.82 Å². The van der Waals surface area contributed by atoms with Crippen molar-refractivity contribution >= 4 is 23.4 Å². The largest absolute Gasteiger partial charge is 0.472 e. The normalized spacial score (nSPS) is 10.2. The molecule has 0 aliphatic rings. The van der Waals surface area contributed by atoms with Gasteiger partial charge in [0, 0.05) is 0 Å². The van der Waals surface area contributed by atoms with Crippen LogP contribution in [-0.4, -0.2) is 23.0 Å². The summed E-state index contributed by atoms with van der Waals surface area (Å²) in [4.78, 5) is 19.4.